The summed E-state index contributed by atoms with van der Waals surface area (Å²) < 4.78 is 24.7. The quantitative estimate of drug-likeness (QED) is 0.369. The number of carbonyl (C=O) groups is 1. The Morgan fingerprint density at radius 1 is 1.60 bits per heavy atom. The second kappa shape index (κ2) is 4.39. The van der Waals surface area contributed by atoms with E-state index in [1.54, 1.807) is 0 Å². The number of nitrogens with zero attached hydrogens (tertiary/aromatic N) is 2. The van der Waals surface area contributed by atoms with Gasteiger partial charge in [0.2, 0.25) is 0 Å². The normalized spacial score (nSPS) is 10.4. The highest BCUT2D eigenvalue weighted by Crippen LogP contribution is 2.35. The molecule has 15 heavy (non-hydrogen) atoms. The van der Waals surface area contributed by atoms with Crippen LogP contribution in [0.5, 0.6) is 0 Å². The molecule has 1 heterocycles. The molecule has 80 valence electrons. The smallest absolute Gasteiger partial charge is 0.298 e. The summed E-state index contributed by atoms with van der Waals surface area (Å²) >= 11 is 2.68. The molecule has 5 nitrogen and oxygen atoms in total. The van der Waals surface area contributed by atoms with Gasteiger partial charge in [0.15, 0.2) is 10.9 Å². The van der Waals surface area contributed by atoms with Crippen molar-refractivity contribution in [1.82, 2.24) is 4.98 Å². The Morgan fingerprint density at radius 3 is 2.60 bits per heavy atom. The second-order valence-electron chi connectivity index (χ2n) is 2.44. The Bertz CT molecular complexity index is 425. The van der Waals surface area contributed by atoms with Gasteiger partial charge in [0.05, 0.1) is 4.92 Å². The summed E-state index contributed by atoms with van der Waals surface area (Å²) in [5.41, 5.74) is -2.29. The number of carbonyl (C=O) groups excluding carboxylic acids is 1. The highest BCUT2D eigenvalue weighted by Gasteiger charge is 2.29. The topological polar surface area (TPSA) is 73.1 Å². The molecule has 0 spiro atoms. The van der Waals surface area contributed by atoms with Gasteiger partial charge in [-0.05, 0) is 15.9 Å². The maximum Gasteiger partial charge on any atom is 0.311 e. The minimum Gasteiger partial charge on any atom is -0.298 e. The predicted octanol–water partition coefficient (Wildman–Crippen LogP) is 2.50. The molecule has 0 aromatic carbocycles. The number of rotatable bonds is 3. The van der Waals surface area contributed by atoms with E-state index >= 15 is 0 Å². The van der Waals surface area contributed by atoms with Crippen molar-refractivity contribution < 1.29 is 18.5 Å². The van der Waals surface area contributed by atoms with Crippen LogP contribution in [0.1, 0.15) is 22.3 Å². The van der Waals surface area contributed by atoms with Crippen molar-refractivity contribution >= 4 is 27.9 Å². The van der Waals surface area contributed by atoms with Crippen molar-refractivity contribution in [3.8, 4) is 0 Å². The minimum absolute atomic E-state index is 0.105. The molecular formula is C7H3BrF2N2O3. The molecule has 1 aromatic heterocycles. The van der Waals surface area contributed by atoms with E-state index in [0.717, 1.165) is 6.20 Å². The summed E-state index contributed by atoms with van der Waals surface area (Å²) in [6, 6.07) is 0. The van der Waals surface area contributed by atoms with Gasteiger partial charge in [-0.3, -0.25) is 14.9 Å². The maximum atomic E-state index is 12.5. The lowest BCUT2D eigenvalue weighted by molar-refractivity contribution is -0.387. The van der Waals surface area contributed by atoms with Gasteiger partial charge in [-0.25, -0.2) is 13.8 Å². The first-order valence-corrected chi connectivity index (χ1v) is 4.34. The molecule has 1 rings (SSSR count). The zero-order chi connectivity index (χ0) is 11.6. The number of pyridine rings is 1. The van der Waals surface area contributed by atoms with Crippen molar-refractivity contribution in [1.29, 1.82) is 0 Å². The van der Waals surface area contributed by atoms with Gasteiger partial charge in [-0.1, -0.05) is 0 Å². The van der Waals surface area contributed by atoms with Gasteiger partial charge in [0.25, 0.3) is 6.43 Å². The fourth-order valence-electron chi connectivity index (χ4n) is 1.00. The SMILES string of the molecule is O=Cc1cnc(Br)c([N+](=O)[O-])c1C(F)F. The van der Waals surface area contributed by atoms with E-state index in [2.05, 4.69) is 20.9 Å². The van der Waals surface area contributed by atoms with Crippen LogP contribution >= 0.6 is 15.9 Å². The van der Waals surface area contributed by atoms with Crippen molar-refractivity contribution in [2.45, 2.75) is 6.43 Å². The van der Waals surface area contributed by atoms with Crippen LogP contribution in [-0.4, -0.2) is 16.2 Å². The lowest BCUT2D eigenvalue weighted by atomic mass is 10.1. The molecular weight excluding hydrogens is 278 g/mol. The van der Waals surface area contributed by atoms with E-state index in [1.807, 2.05) is 0 Å². The van der Waals surface area contributed by atoms with E-state index in [9.17, 15) is 23.7 Å². The van der Waals surface area contributed by atoms with Crippen LogP contribution in [0, 0.1) is 10.1 Å². The fraction of sp³-hybridized carbons (Fsp3) is 0.143. The lowest BCUT2D eigenvalue weighted by Crippen LogP contribution is -2.03. The maximum absolute atomic E-state index is 12.5. The van der Waals surface area contributed by atoms with Gasteiger partial charge in [-0.15, -0.1) is 0 Å². The van der Waals surface area contributed by atoms with Gasteiger partial charge in [0.1, 0.15) is 5.56 Å². The van der Waals surface area contributed by atoms with Crippen LogP contribution in [0.2, 0.25) is 0 Å². The van der Waals surface area contributed by atoms with Crippen LogP contribution in [-0.2, 0) is 0 Å². The zero-order valence-corrected chi connectivity index (χ0v) is 8.57. The molecule has 0 amide bonds. The average molecular weight is 281 g/mol. The molecule has 0 aliphatic carbocycles. The van der Waals surface area contributed by atoms with E-state index in [-0.39, 0.29) is 10.9 Å². The van der Waals surface area contributed by atoms with Crippen LogP contribution < -0.4 is 0 Å². The molecule has 0 radical (unpaired) electrons. The van der Waals surface area contributed by atoms with Crippen LogP contribution in [0.25, 0.3) is 0 Å². The molecule has 0 atom stereocenters. The second-order valence-corrected chi connectivity index (χ2v) is 3.19. The summed E-state index contributed by atoms with van der Waals surface area (Å²) in [6.07, 6.45) is -2.15. The third kappa shape index (κ3) is 2.14. The third-order valence-electron chi connectivity index (χ3n) is 1.61. The fourth-order valence-corrected chi connectivity index (χ4v) is 1.46. The Morgan fingerprint density at radius 2 is 2.20 bits per heavy atom. The Balaban J connectivity index is 3.58. The Kier molecular flexibility index (Phi) is 3.40. The van der Waals surface area contributed by atoms with Crippen molar-refractivity contribution in [3.05, 3.63) is 32.0 Å². The summed E-state index contributed by atoms with van der Waals surface area (Å²) in [7, 11) is 0. The molecule has 0 N–H and O–H groups in total. The monoisotopic (exact) mass is 280 g/mol. The number of hydrogen-bond donors (Lipinski definition) is 0. The van der Waals surface area contributed by atoms with E-state index < -0.39 is 28.2 Å². The molecule has 0 fully saturated rings. The zero-order valence-electron chi connectivity index (χ0n) is 6.99. The van der Waals surface area contributed by atoms with E-state index in [4.69, 9.17) is 0 Å². The molecule has 0 bridgehead atoms. The molecule has 1 aromatic rings. The number of alkyl halides is 2. The van der Waals surface area contributed by atoms with Crippen LogP contribution in [0.4, 0.5) is 14.5 Å². The first-order chi connectivity index (χ1) is 6.99. The third-order valence-corrected chi connectivity index (χ3v) is 2.19. The predicted molar refractivity (Wildman–Crippen MR) is 48.9 cm³/mol. The molecule has 0 saturated carbocycles. The van der Waals surface area contributed by atoms with Gasteiger partial charge < -0.3 is 0 Å². The average Bonchev–Trinajstić information content (AvgIpc) is 2.16. The molecule has 0 aliphatic rings. The first-order valence-electron chi connectivity index (χ1n) is 3.55. The highest BCUT2D eigenvalue weighted by atomic mass is 79.9. The molecule has 0 aliphatic heterocycles. The number of aromatic nitrogens is 1. The van der Waals surface area contributed by atoms with E-state index in [0.29, 0.717) is 0 Å². The van der Waals surface area contributed by atoms with E-state index in [1.165, 1.54) is 0 Å². The van der Waals surface area contributed by atoms with Crippen LogP contribution in [0.3, 0.4) is 0 Å². The molecule has 8 heteroatoms. The van der Waals surface area contributed by atoms with Gasteiger partial charge >= 0.3 is 5.69 Å². The van der Waals surface area contributed by atoms with Crippen molar-refractivity contribution in [2.75, 3.05) is 0 Å². The van der Waals surface area contributed by atoms with Gasteiger partial charge in [0, 0.05) is 11.8 Å². The standard InChI is InChI=1S/C7H3BrF2N2O3/c8-6-5(12(14)15)4(7(9)10)3(2-13)1-11-6/h1-2,7H. The van der Waals surface area contributed by atoms with Crippen molar-refractivity contribution in [3.63, 3.8) is 0 Å². The number of hydrogen-bond acceptors (Lipinski definition) is 4. The van der Waals surface area contributed by atoms with Crippen molar-refractivity contribution in [2.24, 2.45) is 0 Å². The largest absolute Gasteiger partial charge is 0.311 e. The van der Waals surface area contributed by atoms with Crippen LogP contribution in [0.15, 0.2) is 10.8 Å². The van der Waals surface area contributed by atoms with Gasteiger partial charge in [-0.2, -0.15) is 0 Å². The minimum atomic E-state index is -3.11. The summed E-state index contributed by atoms with van der Waals surface area (Å²) in [4.78, 5) is 23.3. The number of aldehydes is 1. The molecule has 0 unspecified atom stereocenters. The lowest BCUT2D eigenvalue weighted by Gasteiger charge is -2.04. The summed E-state index contributed by atoms with van der Waals surface area (Å²) in [6.45, 7) is 0. The number of nitro groups is 1. The Hall–Kier alpha value is -1.44. The molecule has 0 saturated heterocycles. The highest BCUT2D eigenvalue weighted by molar-refractivity contribution is 9.10. The Labute approximate surface area is 90.4 Å². The summed E-state index contributed by atoms with van der Waals surface area (Å²) in [5.74, 6) is 0. The summed E-state index contributed by atoms with van der Waals surface area (Å²) in [5, 5.41) is 10.5. The number of halogens is 3. The first kappa shape index (κ1) is 11.6.